The lowest BCUT2D eigenvalue weighted by molar-refractivity contribution is -0.138. The van der Waals surface area contributed by atoms with E-state index in [1.165, 1.54) is 43.9 Å². The average Bonchev–Trinajstić information content (AvgIpc) is 2.60. The maximum atomic E-state index is 13.1. The maximum absolute atomic E-state index is 13.1. The fraction of sp³-hybridized carbons (Fsp3) is 0.667. The van der Waals surface area contributed by atoms with Crippen LogP contribution in [0.15, 0.2) is 24.3 Å². The maximum Gasteiger partial charge on any atom is 0.417 e. The van der Waals surface area contributed by atoms with Crippen molar-refractivity contribution in [3.05, 3.63) is 35.4 Å². The Bertz CT molecular complexity index is 526. The van der Waals surface area contributed by atoms with Crippen LogP contribution >= 0.6 is 0 Å². The van der Waals surface area contributed by atoms with Crippen LogP contribution in [0.1, 0.15) is 94.0 Å². The molecule has 1 rings (SSSR count). The van der Waals surface area contributed by atoms with Crippen LogP contribution in [0, 0.1) is 0 Å². The summed E-state index contributed by atoms with van der Waals surface area (Å²) in [7, 11) is 0. The van der Waals surface area contributed by atoms with Crippen molar-refractivity contribution >= 4 is 5.97 Å². The zero-order valence-corrected chi connectivity index (χ0v) is 15.9. The molecule has 0 amide bonds. The van der Waals surface area contributed by atoms with Gasteiger partial charge in [-0.25, -0.2) is 4.79 Å². The van der Waals surface area contributed by atoms with E-state index < -0.39 is 23.3 Å². The van der Waals surface area contributed by atoms with Crippen LogP contribution in [0.3, 0.4) is 0 Å². The number of ether oxygens (including phenoxy) is 1. The Morgan fingerprint density at radius 2 is 1.54 bits per heavy atom. The van der Waals surface area contributed by atoms with Crippen LogP contribution in [0.25, 0.3) is 0 Å². The standard InChI is InChI=1S/C21H31F3O2/c1-3-5-6-7-8-9-10-14-17(13-4-2)26-20(25)18-15-11-12-16-19(18)21(22,23)24/h11-12,15-17H,3-10,13-14H2,1-2H3. The molecule has 0 saturated carbocycles. The van der Waals surface area contributed by atoms with Crippen molar-refractivity contribution in [2.45, 2.75) is 90.3 Å². The third kappa shape index (κ3) is 8.24. The molecule has 0 heterocycles. The second kappa shape index (κ2) is 12.0. The molecule has 0 bridgehead atoms. The van der Waals surface area contributed by atoms with Crippen LogP contribution in [0.2, 0.25) is 0 Å². The first-order valence-corrected chi connectivity index (χ1v) is 9.77. The van der Waals surface area contributed by atoms with Gasteiger partial charge >= 0.3 is 12.1 Å². The van der Waals surface area contributed by atoms with E-state index in [1.807, 2.05) is 6.92 Å². The molecule has 0 aromatic heterocycles. The Balaban J connectivity index is 2.55. The van der Waals surface area contributed by atoms with Gasteiger partial charge in [0.15, 0.2) is 0 Å². The molecule has 1 aromatic carbocycles. The first-order valence-electron chi connectivity index (χ1n) is 9.77. The summed E-state index contributed by atoms with van der Waals surface area (Å²) in [5.74, 6) is -0.876. The fourth-order valence-corrected chi connectivity index (χ4v) is 3.04. The molecule has 0 N–H and O–H groups in total. The third-order valence-corrected chi connectivity index (χ3v) is 4.47. The van der Waals surface area contributed by atoms with E-state index >= 15 is 0 Å². The quantitative estimate of drug-likeness (QED) is 0.287. The summed E-state index contributed by atoms with van der Waals surface area (Å²) in [5, 5.41) is 0. The van der Waals surface area contributed by atoms with E-state index in [0.717, 1.165) is 31.7 Å². The number of rotatable bonds is 12. The topological polar surface area (TPSA) is 26.3 Å². The lowest BCUT2D eigenvalue weighted by Gasteiger charge is -2.19. The Hall–Kier alpha value is -1.52. The first-order chi connectivity index (χ1) is 12.4. The van der Waals surface area contributed by atoms with Gasteiger partial charge in [0.2, 0.25) is 0 Å². The van der Waals surface area contributed by atoms with Crippen molar-refractivity contribution in [1.82, 2.24) is 0 Å². The lowest BCUT2D eigenvalue weighted by atomic mass is 10.0. The molecule has 26 heavy (non-hydrogen) atoms. The molecule has 148 valence electrons. The molecule has 2 nitrogen and oxygen atoms in total. The number of carbonyl (C=O) groups excluding carboxylic acids is 1. The number of carbonyl (C=O) groups is 1. The minimum absolute atomic E-state index is 0.315. The van der Waals surface area contributed by atoms with Crippen molar-refractivity contribution in [3.63, 3.8) is 0 Å². The molecule has 5 heteroatoms. The molecule has 0 fully saturated rings. The summed E-state index contributed by atoms with van der Waals surface area (Å²) in [5.41, 5.74) is -1.34. The zero-order chi connectivity index (χ0) is 19.4. The van der Waals surface area contributed by atoms with E-state index in [1.54, 1.807) is 0 Å². The van der Waals surface area contributed by atoms with Gasteiger partial charge in [-0.05, 0) is 31.4 Å². The van der Waals surface area contributed by atoms with E-state index in [2.05, 4.69) is 6.92 Å². The number of esters is 1. The molecule has 0 aliphatic carbocycles. The highest BCUT2D eigenvalue weighted by Crippen LogP contribution is 2.32. The van der Waals surface area contributed by atoms with Crippen molar-refractivity contribution < 1.29 is 22.7 Å². The van der Waals surface area contributed by atoms with Crippen molar-refractivity contribution in [2.75, 3.05) is 0 Å². The van der Waals surface area contributed by atoms with Gasteiger partial charge in [-0.1, -0.05) is 70.9 Å². The van der Waals surface area contributed by atoms with Gasteiger partial charge in [-0.3, -0.25) is 0 Å². The minimum Gasteiger partial charge on any atom is -0.459 e. The van der Waals surface area contributed by atoms with Crippen LogP contribution in [0.5, 0.6) is 0 Å². The fourth-order valence-electron chi connectivity index (χ4n) is 3.04. The van der Waals surface area contributed by atoms with E-state index in [9.17, 15) is 18.0 Å². The normalized spacial score (nSPS) is 12.8. The predicted octanol–water partition coefficient (Wildman–Crippen LogP) is 7.17. The second-order valence-corrected chi connectivity index (χ2v) is 6.77. The van der Waals surface area contributed by atoms with Crippen LogP contribution < -0.4 is 0 Å². The summed E-state index contributed by atoms with van der Waals surface area (Å²) in [4.78, 5) is 12.3. The van der Waals surface area contributed by atoms with Gasteiger partial charge in [0.1, 0.15) is 6.10 Å². The van der Waals surface area contributed by atoms with Gasteiger partial charge in [0.05, 0.1) is 11.1 Å². The highest BCUT2D eigenvalue weighted by Gasteiger charge is 2.35. The molecule has 0 saturated heterocycles. The van der Waals surface area contributed by atoms with Crippen molar-refractivity contribution in [2.24, 2.45) is 0 Å². The van der Waals surface area contributed by atoms with Gasteiger partial charge in [0.25, 0.3) is 0 Å². The molecule has 1 aromatic rings. The van der Waals surface area contributed by atoms with Crippen molar-refractivity contribution in [3.8, 4) is 0 Å². The molecular weight excluding hydrogens is 341 g/mol. The summed E-state index contributed by atoms with van der Waals surface area (Å²) in [6, 6.07) is 4.81. The number of alkyl halides is 3. The predicted molar refractivity (Wildman–Crippen MR) is 98.2 cm³/mol. The summed E-state index contributed by atoms with van der Waals surface area (Å²) >= 11 is 0. The first kappa shape index (κ1) is 22.5. The Labute approximate surface area is 155 Å². The molecular formula is C21H31F3O2. The van der Waals surface area contributed by atoms with Gasteiger partial charge in [-0.2, -0.15) is 13.2 Å². The van der Waals surface area contributed by atoms with Crippen molar-refractivity contribution in [1.29, 1.82) is 0 Å². The monoisotopic (exact) mass is 372 g/mol. The summed E-state index contributed by atoms with van der Waals surface area (Å²) < 4.78 is 44.6. The SMILES string of the molecule is CCCCCCCCCC(CCC)OC(=O)c1ccccc1C(F)(F)F. The Kier molecular flexibility index (Phi) is 10.4. The van der Waals surface area contributed by atoms with E-state index in [-0.39, 0.29) is 6.10 Å². The van der Waals surface area contributed by atoms with E-state index in [4.69, 9.17) is 4.74 Å². The molecule has 1 atom stereocenters. The number of hydrogen-bond acceptors (Lipinski definition) is 2. The van der Waals surface area contributed by atoms with E-state index in [0.29, 0.717) is 12.8 Å². The number of halogens is 3. The zero-order valence-electron chi connectivity index (χ0n) is 15.9. The minimum atomic E-state index is -4.56. The Morgan fingerprint density at radius 3 is 2.15 bits per heavy atom. The molecule has 0 spiro atoms. The molecule has 0 radical (unpaired) electrons. The molecule has 0 aliphatic rings. The van der Waals surface area contributed by atoms with Crippen LogP contribution in [0.4, 0.5) is 13.2 Å². The Morgan fingerprint density at radius 1 is 0.923 bits per heavy atom. The second-order valence-electron chi connectivity index (χ2n) is 6.77. The number of hydrogen-bond donors (Lipinski definition) is 0. The molecule has 1 unspecified atom stereocenters. The average molecular weight is 372 g/mol. The van der Waals surface area contributed by atoms with Gasteiger partial charge in [-0.15, -0.1) is 0 Å². The van der Waals surface area contributed by atoms with Gasteiger partial charge < -0.3 is 4.74 Å². The number of benzene rings is 1. The largest absolute Gasteiger partial charge is 0.459 e. The lowest BCUT2D eigenvalue weighted by Crippen LogP contribution is -2.21. The summed E-state index contributed by atoms with van der Waals surface area (Å²) in [6.07, 6.45) is 5.44. The third-order valence-electron chi connectivity index (χ3n) is 4.47. The van der Waals surface area contributed by atoms with Gasteiger partial charge in [0, 0.05) is 0 Å². The highest BCUT2D eigenvalue weighted by atomic mass is 19.4. The van der Waals surface area contributed by atoms with Crippen LogP contribution in [-0.2, 0) is 10.9 Å². The highest BCUT2D eigenvalue weighted by molar-refractivity contribution is 5.91. The summed E-state index contributed by atoms with van der Waals surface area (Å²) in [6.45, 7) is 4.16. The van der Waals surface area contributed by atoms with Crippen LogP contribution in [-0.4, -0.2) is 12.1 Å². The number of unbranched alkanes of at least 4 members (excludes halogenated alkanes) is 6. The smallest absolute Gasteiger partial charge is 0.417 e. The molecule has 0 aliphatic heterocycles.